The fourth-order valence-electron chi connectivity index (χ4n) is 2.18. The van der Waals surface area contributed by atoms with E-state index in [1.807, 2.05) is 30.3 Å². The van der Waals surface area contributed by atoms with Crippen molar-refractivity contribution in [3.63, 3.8) is 0 Å². The summed E-state index contributed by atoms with van der Waals surface area (Å²) in [5, 5.41) is 0.832. The van der Waals surface area contributed by atoms with Crippen molar-refractivity contribution in [1.82, 2.24) is 4.98 Å². The average Bonchev–Trinajstić information content (AvgIpc) is 2.90. The van der Waals surface area contributed by atoms with Crippen molar-refractivity contribution in [3.05, 3.63) is 58.9 Å². The lowest BCUT2D eigenvalue weighted by atomic mass is 10.1. The van der Waals surface area contributed by atoms with E-state index in [9.17, 15) is 4.39 Å². The van der Waals surface area contributed by atoms with Crippen LogP contribution < -0.4 is 10.5 Å². The van der Waals surface area contributed by atoms with E-state index in [1.165, 1.54) is 6.07 Å². The molecule has 0 unspecified atom stereocenters. The lowest BCUT2D eigenvalue weighted by Crippen LogP contribution is -2.06. The lowest BCUT2D eigenvalue weighted by molar-refractivity contribution is 0.286. The van der Waals surface area contributed by atoms with Gasteiger partial charge in [-0.05, 0) is 36.7 Å². The van der Waals surface area contributed by atoms with Crippen LogP contribution in [0.15, 0.2) is 42.5 Å². The summed E-state index contributed by atoms with van der Waals surface area (Å²) < 4.78 is 20.7. The van der Waals surface area contributed by atoms with Gasteiger partial charge in [0.2, 0.25) is 0 Å². The zero-order chi connectivity index (χ0) is 14.7. The summed E-state index contributed by atoms with van der Waals surface area (Å²) in [6.45, 7) is 0.721. The molecule has 3 nitrogen and oxygen atoms in total. The van der Waals surface area contributed by atoms with Gasteiger partial charge in [0.05, 0.1) is 10.2 Å². The molecule has 0 atom stereocenters. The number of nitrogens with two attached hydrogens (primary N) is 1. The number of thiazole rings is 1. The molecule has 0 saturated carbocycles. The normalized spacial score (nSPS) is 11.0. The van der Waals surface area contributed by atoms with Crippen LogP contribution in [0.2, 0.25) is 0 Å². The number of para-hydroxylation sites is 2. The van der Waals surface area contributed by atoms with E-state index >= 15 is 0 Å². The Morgan fingerprint density at radius 3 is 2.81 bits per heavy atom. The van der Waals surface area contributed by atoms with Crippen LogP contribution in [-0.4, -0.2) is 11.5 Å². The quantitative estimate of drug-likeness (QED) is 0.784. The predicted octanol–water partition coefficient (Wildman–Crippen LogP) is 3.52. The molecule has 0 amide bonds. The fourth-order valence-corrected chi connectivity index (χ4v) is 3.06. The van der Waals surface area contributed by atoms with Crippen LogP contribution >= 0.6 is 11.3 Å². The van der Waals surface area contributed by atoms with E-state index in [1.54, 1.807) is 17.4 Å². The van der Waals surface area contributed by atoms with Crippen molar-refractivity contribution in [3.8, 4) is 5.75 Å². The number of rotatable bonds is 5. The van der Waals surface area contributed by atoms with E-state index in [0.29, 0.717) is 13.0 Å². The Balaban J connectivity index is 1.81. The highest BCUT2D eigenvalue weighted by Crippen LogP contribution is 2.26. The van der Waals surface area contributed by atoms with Gasteiger partial charge in [0, 0.05) is 0 Å². The van der Waals surface area contributed by atoms with E-state index in [-0.39, 0.29) is 18.2 Å². The van der Waals surface area contributed by atoms with Crippen molar-refractivity contribution in [2.75, 3.05) is 6.54 Å². The zero-order valence-electron chi connectivity index (χ0n) is 11.4. The van der Waals surface area contributed by atoms with Gasteiger partial charge in [0.1, 0.15) is 11.6 Å². The minimum atomic E-state index is -0.359. The Hall–Kier alpha value is -1.98. The molecule has 1 aromatic heterocycles. The summed E-state index contributed by atoms with van der Waals surface area (Å²) in [5.74, 6) is -0.0794. The van der Waals surface area contributed by atoms with Crippen LogP contribution in [0.25, 0.3) is 10.2 Å². The number of hydrogen-bond donors (Lipinski definition) is 1. The third-order valence-corrected chi connectivity index (χ3v) is 4.15. The summed E-state index contributed by atoms with van der Waals surface area (Å²) in [5.41, 5.74) is 7.28. The molecule has 1 heterocycles. The molecule has 3 aromatic rings. The zero-order valence-corrected chi connectivity index (χ0v) is 12.2. The molecule has 3 rings (SSSR count). The third-order valence-electron chi connectivity index (χ3n) is 3.14. The number of halogens is 1. The summed E-state index contributed by atoms with van der Waals surface area (Å²) in [6.07, 6.45) is 0.590. The molecule has 0 aliphatic carbocycles. The molecule has 0 radical (unpaired) electrons. The van der Waals surface area contributed by atoms with Gasteiger partial charge in [-0.25, -0.2) is 9.37 Å². The summed E-state index contributed by atoms with van der Waals surface area (Å²) in [6, 6.07) is 12.8. The number of hydrogen-bond acceptors (Lipinski definition) is 4. The van der Waals surface area contributed by atoms with Crippen molar-refractivity contribution < 1.29 is 9.13 Å². The summed E-state index contributed by atoms with van der Waals surface area (Å²) in [4.78, 5) is 4.48. The molecule has 108 valence electrons. The summed E-state index contributed by atoms with van der Waals surface area (Å²) in [7, 11) is 0. The molecule has 0 spiro atoms. The smallest absolute Gasteiger partial charge is 0.165 e. The van der Waals surface area contributed by atoms with Gasteiger partial charge < -0.3 is 10.5 Å². The molecular weight excluding hydrogens is 287 g/mol. The second kappa shape index (κ2) is 6.20. The lowest BCUT2D eigenvalue weighted by Gasteiger charge is -2.10. The van der Waals surface area contributed by atoms with Crippen LogP contribution in [0.4, 0.5) is 4.39 Å². The van der Waals surface area contributed by atoms with Gasteiger partial charge in [0.25, 0.3) is 0 Å². The maximum atomic E-state index is 13.9. The van der Waals surface area contributed by atoms with Crippen molar-refractivity contribution >= 4 is 21.6 Å². The first-order valence-electron chi connectivity index (χ1n) is 6.72. The molecule has 5 heteroatoms. The molecule has 0 saturated heterocycles. The van der Waals surface area contributed by atoms with Crippen LogP contribution in [0.5, 0.6) is 5.75 Å². The van der Waals surface area contributed by atoms with Crippen LogP contribution in [-0.2, 0) is 13.0 Å². The first-order chi connectivity index (χ1) is 10.3. The van der Waals surface area contributed by atoms with Gasteiger partial charge in [-0.2, -0.15) is 0 Å². The number of fused-ring (bicyclic) bond motifs is 1. The fraction of sp³-hybridized carbons (Fsp3) is 0.188. The number of aromatic nitrogens is 1. The molecule has 2 aromatic carbocycles. The number of ether oxygens (including phenoxy) is 1. The van der Waals surface area contributed by atoms with E-state index in [0.717, 1.165) is 20.8 Å². The van der Waals surface area contributed by atoms with Gasteiger partial charge in [-0.1, -0.05) is 24.3 Å². The van der Waals surface area contributed by atoms with Crippen molar-refractivity contribution in [2.45, 2.75) is 13.0 Å². The number of nitrogens with zero attached hydrogens (tertiary/aromatic N) is 1. The summed E-state index contributed by atoms with van der Waals surface area (Å²) >= 11 is 1.56. The highest BCUT2D eigenvalue weighted by atomic mass is 32.1. The highest BCUT2D eigenvalue weighted by molar-refractivity contribution is 7.18. The molecule has 21 heavy (non-hydrogen) atoms. The standard InChI is InChI=1S/C16H15FN2OS/c17-12-5-3-4-11(8-9-18)16(12)20-10-15-19-13-6-1-2-7-14(13)21-15/h1-7H,8-10,18H2. The Morgan fingerprint density at radius 2 is 2.00 bits per heavy atom. The number of benzene rings is 2. The van der Waals surface area contributed by atoms with Gasteiger partial charge in [-0.3, -0.25) is 0 Å². The SMILES string of the molecule is NCCc1cccc(F)c1OCc1nc2ccccc2s1. The largest absolute Gasteiger partial charge is 0.483 e. The molecule has 0 aliphatic rings. The van der Waals surface area contributed by atoms with Crippen LogP contribution in [0, 0.1) is 5.82 Å². The predicted molar refractivity (Wildman–Crippen MR) is 83.1 cm³/mol. The maximum Gasteiger partial charge on any atom is 0.165 e. The van der Waals surface area contributed by atoms with E-state index in [2.05, 4.69) is 4.98 Å². The Morgan fingerprint density at radius 1 is 1.14 bits per heavy atom. The molecule has 0 fully saturated rings. The maximum absolute atomic E-state index is 13.9. The Kier molecular flexibility index (Phi) is 4.13. The minimum absolute atomic E-state index is 0.262. The van der Waals surface area contributed by atoms with Gasteiger partial charge in [-0.15, -0.1) is 11.3 Å². The second-order valence-electron chi connectivity index (χ2n) is 4.63. The third kappa shape index (κ3) is 3.04. The second-order valence-corrected chi connectivity index (χ2v) is 5.75. The van der Waals surface area contributed by atoms with E-state index in [4.69, 9.17) is 10.5 Å². The minimum Gasteiger partial charge on any atom is -0.483 e. The molecule has 0 aliphatic heterocycles. The molecule has 0 bridgehead atoms. The highest BCUT2D eigenvalue weighted by Gasteiger charge is 2.11. The van der Waals surface area contributed by atoms with Crippen LogP contribution in [0.1, 0.15) is 10.6 Å². The Bertz CT molecular complexity index is 724. The monoisotopic (exact) mass is 302 g/mol. The van der Waals surface area contributed by atoms with Gasteiger partial charge >= 0.3 is 0 Å². The molecular formula is C16H15FN2OS. The first kappa shape index (κ1) is 14.0. The average molecular weight is 302 g/mol. The van der Waals surface area contributed by atoms with Gasteiger partial charge in [0.15, 0.2) is 11.6 Å². The first-order valence-corrected chi connectivity index (χ1v) is 7.54. The van der Waals surface area contributed by atoms with E-state index < -0.39 is 0 Å². The van der Waals surface area contributed by atoms with Crippen molar-refractivity contribution in [1.29, 1.82) is 0 Å². The van der Waals surface area contributed by atoms with Crippen molar-refractivity contribution in [2.24, 2.45) is 5.73 Å². The Labute approximate surface area is 126 Å². The topological polar surface area (TPSA) is 48.1 Å². The molecule has 2 N–H and O–H groups in total. The van der Waals surface area contributed by atoms with Crippen LogP contribution in [0.3, 0.4) is 0 Å².